The summed E-state index contributed by atoms with van der Waals surface area (Å²) in [4.78, 5) is 26.6. The van der Waals surface area contributed by atoms with Crippen LogP contribution in [-0.2, 0) is 14.3 Å². The first kappa shape index (κ1) is 32.3. The maximum atomic E-state index is 12.7. The Morgan fingerprint density at radius 2 is 1.59 bits per heavy atom. The minimum atomic E-state index is -0.128. The van der Waals surface area contributed by atoms with Gasteiger partial charge in [0.1, 0.15) is 11.9 Å². The van der Waals surface area contributed by atoms with Crippen LogP contribution in [0, 0.1) is 34.5 Å². The van der Waals surface area contributed by atoms with Gasteiger partial charge >= 0.3 is 5.97 Å². The summed E-state index contributed by atoms with van der Waals surface area (Å²) in [5.41, 5.74) is 0.360. The molecule has 7 atom stereocenters. The minimum absolute atomic E-state index is 0.0302. The van der Waals surface area contributed by atoms with Crippen LogP contribution in [-0.4, -0.2) is 42.4 Å². The fourth-order valence-electron chi connectivity index (χ4n) is 8.85. The van der Waals surface area contributed by atoms with E-state index in [9.17, 15) is 9.59 Å². The van der Waals surface area contributed by atoms with Crippen molar-refractivity contribution < 1.29 is 14.3 Å². The molecule has 4 heteroatoms. The summed E-state index contributed by atoms with van der Waals surface area (Å²) in [7, 11) is 0. The molecular formula is C33H61NO3. The molecule has 0 aromatic heterocycles. The zero-order valence-corrected chi connectivity index (χ0v) is 25.9. The molecule has 0 amide bonds. The van der Waals surface area contributed by atoms with Gasteiger partial charge in [-0.15, -0.1) is 0 Å². The molecule has 4 saturated carbocycles. The van der Waals surface area contributed by atoms with Crippen LogP contribution in [0.5, 0.6) is 0 Å². The van der Waals surface area contributed by atoms with Crippen molar-refractivity contribution in [2.45, 2.75) is 145 Å². The zero-order valence-electron chi connectivity index (χ0n) is 25.9. The van der Waals surface area contributed by atoms with Crippen LogP contribution >= 0.6 is 0 Å². The third-order valence-corrected chi connectivity index (χ3v) is 10.6. The molecule has 0 spiro atoms. The molecule has 37 heavy (non-hydrogen) atoms. The minimum Gasteiger partial charge on any atom is -0.463 e. The Morgan fingerprint density at radius 3 is 2.22 bits per heavy atom. The number of carbonyl (C=O) groups is 2. The van der Waals surface area contributed by atoms with Gasteiger partial charge in [-0.25, -0.2) is 0 Å². The molecule has 1 saturated heterocycles. The van der Waals surface area contributed by atoms with Crippen LogP contribution in [0.3, 0.4) is 0 Å². The SMILES string of the molecule is CC.CC.CC(=O)OC1CCC2(C)C(CCC3C4CCCC(=O)C4(C)CCC32)C1.CCCN1CCCC1. The molecule has 4 nitrogen and oxygen atoms in total. The van der Waals surface area contributed by atoms with Gasteiger partial charge in [0, 0.05) is 18.8 Å². The van der Waals surface area contributed by atoms with E-state index in [0.717, 1.165) is 43.9 Å². The first-order valence-corrected chi connectivity index (χ1v) is 16.2. The second kappa shape index (κ2) is 15.0. The highest BCUT2D eigenvalue weighted by atomic mass is 16.5. The second-order valence-electron chi connectivity index (χ2n) is 12.5. The maximum absolute atomic E-state index is 12.7. The molecule has 1 aliphatic heterocycles. The van der Waals surface area contributed by atoms with E-state index in [0.29, 0.717) is 23.0 Å². The van der Waals surface area contributed by atoms with Crippen molar-refractivity contribution in [3.8, 4) is 0 Å². The van der Waals surface area contributed by atoms with Crippen molar-refractivity contribution in [3.63, 3.8) is 0 Å². The van der Waals surface area contributed by atoms with E-state index < -0.39 is 0 Å². The maximum Gasteiger partial charge on any atom is 0.302 e. The predicted molar refractivity (Wildman–Crippen MR) is 156 cm³/mol. The molecule has 0 bridgehead atoms. The van der Waals surface area contributed by atoms with Gasteiger partial charge in [0.15, 0.2) is 0 Å². The van der Waals surface area contributed by atoms with E-state index in [1.807, 2.05) is 27.7 Å². The zero-order chi connectivity index (χ0) is 27.6. The number of Topliss-reactive ketones (excluding diaryl/α,β-unsaturated/α-hetero) is 1. The molecule has 0 radical (unpaired) electrons. The summed E-state index contributed by atoms with van der Waals surface area (Å²) in [5.74, 6) is 3.25. The van der Waals surface area contributed by atoms with Gasteiger partial charge in [-0.1, -0.05) is 48.5 Å². The Bertz CT molecular complexity index is 702. The molecular weight excluding hydrogens is 458 g/mol. The number of ether oxygens (including phenoxy) is 1. The highest BCUT2D eigenvalue weighted by molar-refractivity contribution is 5.85. The van der Waals surface area contributed by atoms with Gasteiger partial charge in [0.2, 0.25) is 0 Å². The van der Waals surface area contributed by atoms with E-state index in [2.05, 4.69) is 25.7 Å². The summed E-state index contributed by atoms with van der Waals surface area (Å²) in [5, 5.41) is 0. The third-order valence-electron chi connectivity index (χ3n) is 10.6. The van der Waals surface area contributed by atoms with Crippen molar-refractivity contribution in [2.75, 3.05) is 19.6 Å². The highest BCUT2D eigenvalue weighted by Crippen LogP contribution is 2.64. The first-order chi connectivity index (χ1) is 17.8. The lowest BCUT2D eigenvalue weighted by Gasteiger charge is -2.62. The monoisotopic (exact) mass is 519 g/mol. The Balaban J connectivity index is 0.000000338. The van der Waals surface area contributed by atoms with Crippen LogP contribution in [0.25, 0.3) is 0 Å². The number of ketones is 1. The largest absolute Gasteiger partial charge is 0.463 e. The van der Waals surface area contributed by atoms with Crippen LogP contribution in [0.4, 0.5) is 0 Å². The van der Waals surface area contributed by atoms with Gasteiger partial charge < -0.3 is 9.64 Å². The molecule has 5 rings (SSSR count). The topological polar surface area (TPSA) is 46.6 Å². The Hall–Kier alpha value is -0.900. The molecule has 4 aliphatic carbocycles. The summed E-state index contributed by atoms with van der Waals surface area (Å²) in [6, 6.07) is 0. The average molecular weight is 520 g/mol. The molecule has 216 valence electrons. The van der Waals surface area contributed by atoms with Crippen molar-refractivity contribution in [1.29, 1.82) is 0 Å². The molecule has 5 fully saturated rings. The summed E-state index contributed by atoms with van der Waals surface area (Å²) in [6.07, 6.45) is 15.7. The Labute approximate surface area is 230 Å². The summed E-state index contributed by atoms with van der Waals surface area (Å²) >= 11 is 0. The fraction of sp³-hybridized carbons (Fsp3) is 0.939. The van der Waals surface area contributed by atoms with Crippen LogP contribution in [0.2, 0.25) is 0 Å². The number of carbonyl (C=O) groups excluding carboxylic acids is 2. The third kappa shape index (κ3) is 7.40. The van der Waals surface area contributed by atoms with E-state index in [1.165, 1.54) is 77.9 Å². The predicted octanol–water partition coefficient (Wildman–Crippen LogP) is 8.46. The lowest BCUT2D eigenvalue weighted by atomic mass is 9.43. The van der Waals surface area contributed by atoms with Gasteiger partial charge in [-0.2, -0.15) is 0 Å². The second-order valence-corrected chi connectivity index (χ2v) is 12.5. The lowest BCUT2D eigenvalue weighted by molar-refractivity contribution is -0.166. The number of esters is 1. The van der Waals surface area contributed by atoms with Gasteiger partial charge in [-0.05, 0) is 126 Å². The Kier molecular flexibility index (Phi) is 13.1. The number of hydrogen-bond donors (Lipinski definition) is 0. The number of hydrogen-bond acceptors (Lipinski definition) is 4. The van der Waals surface area contributed by atoms with E-state index in [4.69, 9.17) is 4.74 Å². The van der Waals surface area contributed by atoms with E-state index >= 15 is 0 Å². The Morgan fingerprint density at radius 1 is 0.919 bits per heavy atom. The number of nitrogens with zero attached hydrogens (tertiary/aromatic N) is 1. The molecule has 1 heterocycles. The average Bonchev–Trinajstić information content (AvgIpc) is 3.41. The van der Waals surface area contributed by atoms with Gasteiger partial charge in [0.25, 0.3) is 0 Å². The van der Waals surface area contributed by atoms with E-state index in [1.54, 1.807) is 0 Å². The van der Waals surface area contributed by atoms with Crippen molar-refractivity contribution >= 4 is 11.8 Å². The smallest absolute Gasteiger partial charge is 0.302 e. The van der Waals surface area contributed by atoms with Crippen molar-refractivity contribution in [1.82, 2.24) is 4.90 Å². The molecule has 5 aliphatic rings. The first-order valence-electron chi connectivity index (χ1n) is 16.2. The summed E-state index contributed by atoms with van der Waals surface area (Å²) < 4.78 is 5.55. The lowest BCUT2D eigenvalue weighted by Crippen LogP contribution is -2.56. The molecule has 7 unspecified atom stereocenters. The van der Waals surface area contributed by atoms with E-state index in [-0.39, 0.29) is 17.5 Å². The molecule has 0 aromatic carbocycles. The normalized spacial score (nSPS) is 38.6. The van der Waals surface area contributed by atoms with Gasteiger partial charge in [0.05, 0.1) is 0 Å². The van der Waals surface area contributed by atoms with Crippen molar-refractivity contribution in [2.24, 2.45) is 34.5 Å². The molecule has 0 aromatic rings. The number of fused-ring (bicyclic) bond motifs is 5. The number of rotatable bonds is 3. The standard InChI is InChI=1S/C22H34O3.C7H15N.2C2H6/c1-14(23)25-16-9-11-21(2)15(13-16)7-8-17-18-5-4-6-20(24)22(18,3)12-10-19(17)21;1-2-5-8-6-3-4-7-8;2*1-2/h15-19H,4-13H2,1-3H3;2-7H2,1H3;2*1-2H3. The summed E-state index contributed by atoms with van der Waals surface area (Å²) in [6.45, 7) is 20.6. The van der Waals surface area contributed by atoms with Crippen LogP contribution in [0.15, 0.2) is 0 Å². The quantitative estimate of drug-likeness (QED) is 0.351. The number of likely N-dealkylation sites (tertiary alicyclic amines) is 1. The fourth-order valence-corrected chi connectivity index (χ4v) is 8.85. The van der Waals surface area contributed by atoms with Crippen LogP contribution in [0.1, 0.15) is 139 Å². The van der Waals surface area contributed by atoms with Gasteiger partial charge in [-0.3, -0.25) is 9.59 Å². The van der Waals surface area contributed by atoms with Crippen LogP contribution < -0.4 is 0 Å². The van der Waals surface area contributed by atoms with Crippen molar-refractivity contribution in [3.05, 3.63) is 0 Å². The molecule has 0 N–H and O–H groups in total. The highest BCUT2D eigenvalue weighted by Gasteiger charge is 2.59.